The lowest BCUT2D eigenvalue weighted by Crippen LogP contribution is -2.51. The van der Waals surface area contributed by atoms with Crippen LogP contribution in [0.25, 0.3) is 0 Å². The molecule has 146 valence electrons. The minimum atomic E-state index is -0.638. The highest BCUT2D eigenvalue weighted by Crippen LogP contribution is 2.10. The fourth-order valence-corrected chi connectivity index (χ4v) is 2.31. The van der Waals surface area contributed by atoms with Crippen molar-refractivity contribution in [1.82, 2.24) is 16.0 Å². The summed E-state index contributed by atoms with van der Waals surface area (Å²) < 4.78 is 5.22. The Balaban J connectivity index is 2.35. The molecule has 0 saturated heterocycles. The van der Waals surface area contributed by atoms with Crippen molar-refractivity contribution in [2.75, 3.05) is 13.1 Å². The van der Waals surface area contributed by atoms with Gasteiger partial charge in [-0.05, 0) is 44.4 Å². The highest BCUT2D eigenvalue weighted by atomic mass is 35.5. The summed E-state index contributed by atoms with van der Waals surface area (Å²) in [4.78, 5) is 24.2. The monoisotopic (exact) mass is 383 g/mol. The maximum atomic E-state index is 12.3. The van der Waals surface area contributed by atoms with E-state index in [1.807, 2.05) is 38.1 Å². The first-order valence-corrected chi connectivity index (χ1v) is 9.18. The predicted molar refractivity (Wildman–Crippen MR) is 104 cm³/mol. The lowest BCUT2D eigenvalue weighted by molar-refractivity contribution is -0.124. The second-order valence-electron chi connectivity index (χ2n) is 7.46. The zero-order valence-electron chi connectivity index (χ0n) is 16.2. The first kappa shape index (κ1) is 22.3. The summed E-state index contributed by atoms with van der Waals surface area (Å²) in [5.74, 6) is -0.274. The van der Waals surface area contributed by atoms with Crippen LogP contribution in [0.2, 0.25) is 5.02 Å². The van der Waals surface area contributed by atoms with E-state index in [2.05, 4.69) is 16.0 Å². The number of carbonyl (C=O) groups is 2. The Morgan fingerprint density at radius 3 is 2.27 bits per heavy atom. The van der Waals surface area contributed by atoms with Crippen molar-refractivity contribution in [2.24, 2.45) is 5.92 Å². The van der Waals surface area contributed by atoms with Crippen molar-refractivity contribution in [3.8, 4) is 0 Å². The number of hydrogen-bond donors (Lipinski definition) is 3. The van der Waals surface area contributed by atoms with Gasteiger partial charge in [-0.25, -0.2) is 4.79 Å². The molecule has 1 aromatic carbocycles. The van der Waals surface area contributed by atoms with Crippen LogP contribution in [0, 0.1) is 5.92 Å². The van der Waals surface area contributed by atoms with Gasteiger partial charge in [-0.2, -0.15) is 0 Å². The minimum Gasteiger partial charge on any atom is -0.444 e. The van der Waals surface area contributed by atoms with Crippen molar-refractivity contribution in [3.05, 3.63) is 34.9 Å². The van der Waals surface area contributed by atoms with E-state index in [9.17, 15) is 9.59 Å². The third-order valence-corrected chi connectivity index (χ3v) is 3.72. The molecule has 0 bridgehead atoms. The molecule has 0 aliphatic carbocycles. The fraction of sp³-hybridized carbons (Fsp3) is 0.579. The molecule has 7 heteroatoms. The minimum absolute atomic E-state index is 0.0513. The van der Waals surface area contributed by atoms with Gasteiger partial charge in [0.2, 0.25) is 5.91 Å². The van der Waals surface area contributed by atoms with Gasteiger partial charge in [-0.3, -0.25) is 4.79 Å². The Hall–Kier alpha value is -1.79. The van der Waals surface area contributed by atoms with Crippen LogP contribution >= 0.6 is 11.6 Å². The number of benzene rings is 1. The van der Waals surface area contributed by atoms with E-state index < -0.39 is 17.7 Å². The molecule has 0 aromatic heterocycles. The van der Waals surface area contributed by atoms with Gasteiger partial charge in [0.25, 0.3) is 0 Å². The summed E-state index contributed by atoms with van der Waals surface area (Å²) >= 11 is 5.85. The lowest BCUT2D eigenvalue weighted by atomic mass is 10.0. The number of nitrogens with one attached hydrogen (secondary N) is 3. The number of alkyl carbamates (subject to hydrolysis) is 1. The molecule has 0 heterocycles. The molecule has 6 nitrogen and oxygen atoms in total. The van der Waals surface area contributed by atoms with Gasteiger partial charge >= 0.3 is 6.09 Å². The number of ether oxygens (including phenoxy) is 1. The normalized spacial score (nSPS) is 12.6. The summed E-state index contributed by atoms with van der Waals surface area (Å²) in [6, 6.07) is 6.95. The van der Waals surface area contributed by atoms with E-state index in [1.54, 1.807) is 20.8 Å². The highest BCUT2D eigenvalue weighted by molar-refractivity contribution is 6.30. The van der Waals surface area contributed by atoms with Crippen molar-refractivity contribution in [3.63, 3.8) is 0 Å². The molecule has 0 aliphatic rings. The van der Waals surface area contributed by atoms with E-state index in [4.69, 9.17) is 16.3 Å². The van der Waals surface area contributed by atoms with Crippen molar-refractivity contribution in [1.29, 1.82) is 0 Å². The average Bonchev–Trinajstić information content (AvgIpc) is 2.52. The van der Waals surface area contributed by atoms with E-state index in [1.165, 1.54) is 0 Å². The Bertz CT molecular complexity index is 583. The number of amides is 2. The smallest absolute Gasteiger partial charge is 0.408 e. The van der Waals surface area contributed by atoms with Gasteiger partial charge in [-0.1, -0.05) is 37.6 Å². The Kier molecular flexibility index (Phi) is 8.88. The van der Waals surface area contributed by atoms with E-state index in [0.29, 0.717) is 24.7 Å². The van der Waals surface area contributed by atoms with Gasteiger partial charge in [0.1, 0.15) is 11.6 Å². The Labute approximate surface area is 161 Å². The summed E-state index contributed by atoms with van der Waals surface area (Å²) in [5, 5.41) is 9.43. The van der Waals surface area contributed by atoms with Crippen molar-refractivity contribution >= 4 is 23.6 Å². The zero-order chi connectivity index (χ0) is 19.7. The molecule has 3 N–H and O–H groups in total. The number of halogens is 1. The first-order valence-electron chi connectivity index (χ1n) is 8.81. The average molecular weight is 384 g/mol. The molecule has 0 saturated carbocycles. The summed E-state index contributed by atoms with van der Waals surface area (Å²) in [5.41, 5.74) is 0.514. The lowest BCUT2D eigenvalue weighted by Gasteiger charge is -2.25. The predicted octanol–water partition coefficient (Wildman–Crippen LogP) is 3.10. The summed E-state index contributed by atoms with van der Waals surface area (Å²) in [7, 11) is 0. The standard InChI is InChI=1S/C19H30ClN3O3/c1-13(2)16(23-18(25)26-19(3,4)5)17(24)22-11-10-21-12-14-6-8-15(20)9-7-14/h6-9,13,16,21H,10-12H2,1-5H3,(H,22,24)(H,23,25)/t16-/m0/s1. The van der Waals surface area contributed by atoms with Crippen LogP contribution in [0.3, 0.4) is 0 Å². The number of hydrogen-bond acceptors (Lipinski definition) is 4. The molecule has 1 atom stereocenters. The highest BCUT2D eigenvalue weighted by Gasteiger charge is 2.26. The van der Waals surface area contributed by atoms with E-state index in [-0.39, 0.29) is 11.8 Å². The van der Waals surface area contributed by atoms with Crippen molar-refractivity contribution in [2.45, 2.75) is 52.8 Å². The fourth-order valence-electron chi connectivity index (χ4n) is 2.19. The molecule has 26 heavy (non-hydrogen) atoms. The Morgan fingerprint density at radius 1 is 1.12 bits per heavy atom. The largest absolute Gasteiger partial charge is 0.444 e. The van der Waals surface area contributed by atoms with Crippen LogP contribution < -0.4 is 16.0 Å². The van der Waals surface area contributed by atoms with Gasteiger partial charge in [0, 0.05) is 24.7 Å². The SMILES string of the molecule is CC(C)[C@H](NC(=O)OC(C)(C)C)C(=O)NCCNCc1ccc(Cl)cc1. The second kappa shape index (κ2) is 10.4. The molecule has 0 radical (unpaired) electrons. The molecular formula is C19H30ClN3O3. The van der Waals surface area contributed by atoms with Crippen LogP contribution in [0.15, 0.2) is 24.3 Å². The molecule has 1 rings (SSSR count). The molecule has 0 fully saturated rings. The number of rotatable bonds is 8. The summed E-state index contributed by atoms with van der Waals surface area (Å²) in [6.07, 6.45) is -0.591. The summed E-state index contributed by atoms with van der Waals surface area (Å²) in [6.45, 7) is 10.9. The molecule has 0 unspecified atom stereocenters. The maximum Gasteiger partial charge on any atom is 0.408 e. The molecule has 1 aromatic rings. The van der Waals surface area contributed by atoms with Gasteiger partial charge < -0.3 is 20.7 Å². The number of carbonyl (C=O) groups excluding carboxylic acids is 2. The molecule has 0 spiro atoms. The molecule has 0 aliphatic heterocycles. The van der Waals surface area contributed by atoms with Crippen molar-refractivity contribution < 1.29 is 14.3 Å². The topological polar surface area (TPSA) is 79.5 Å². The molecular weight excluding hydrogens is 354 g/mol. The van der Waals surface area contributed by atoms with Crippen LogP contribution in [0.4, 0.5) is 4.79 Å². The van der Waals surface area contributed by atoms with Crippen LogP contribution in [-0.2, 0) is 16.1 Å². The first-order chi connectivity index (χ1) is 12.1. The maximum absolute atomic E-state index is 12.3. The third-order valence-electron chi connectivity index (χ3n) is 3.46. The van der Waals surface area contributed by atoms with Gasteiger partial charge in [-0.15, -0.1) is 0 Å². The van der Waals surface area contributed by atoms with Gasteiger partial charge in [0.05, 0.1) is 0 Å². The van der Waals surface area contributed by atoms with Crippen LogP contribution in [-0.4, -0.2) is 36.7 Å². The Morgan fingerprint density at radius 2 is 1.73 bits per heavy atom. The van der Waals surface area contributed by atoms with Crippen LogP contribution in [0.5, 0.6) is 0 Å². The third kappa shape index (κ3) is 9.06. The quantitative estimate of drug-likeness (QED) is 0.602. The van der Waals surface area contributed by atoms with E-state index in [0.717, 1.165) is 5.56 Å². The molecule has 2 amide bonds. The zero-order valence-corrected chi connectivity index (χ0v) is 16.9. The second-order valence-corrected chi connectivity index (χ2v) is 7.90. The van der Waals surface area contributed by atoms with Gasteiger partial charge in [0.15, 0.2) is 0 Å². The van der Waals surface area contributed by atoms with Crippen LogP contribution in [0.1, 0.15) is 40.2 Å². The van der Waals surface area contributed by atoms with E-state index >= 15 is 0 Å².